The summed E-state index contributed by atoms with van der Waals surface area (Å²) >= 11 is 5.97. The molecule has 0 spiro atoms. The van der Waals surface area contributed by atoms with Gasteiger partial charge in [-0.15, -0.1) is 0 Å². The molecule has 0 radical (unpaired) electrons. The Morgan fingerprint density at radius 1 is 1.10 bits per heavy atom. The van der Waals surface area contributed by atoms with Crippen LogP contribution in [-0.2, 0) is 0 Å². The van der Waals surface area contributed by atoms with E-state index in [1.54, 1.807) is 18.3 Å². The molecule has 0 aliphatic carbocycles. The second-order valence-corrected chi connectivity index (χ2v) is 4.82. The molecular formula is C16H11ClN2O. The number of carbonyl (C=O) groups is 1. The molecule has 1 heterocycles. The average molecular weight is 283 g/mol. The maximum absolute atomic E-state index is 10.8. The molecule has 20 heavy (non-hydrogen) atoms. The van der Waals surface area contributed by atoms with E-state index in [0.29, 0.717) is 10.6 Å². The summed E-state index contributed by atoms with van der Waals surface area (Å²) in [7, 11) is 0. The summed E-state index contributed by atoms with van der Waals surface area (Å²) in [5.41, 5.74) is 3.25. The third-order valence-electron chi connectivity index (χ3n) is 3.01. The van der Waals surface area contributed by atoms with Gasteiger partial charge in [-0.2, -0.15) is 0 Å². The minimum Gasteiger partial charge on any atom is -0.355 e. The number of aromatic nitrogens is 1. The Hall–Kier alpha value is -2.39. The lowest BCUT2D eigenvalue weighted by atomic mass is 10.1. The highest BCUT2D eigenvalue weighted by Crippen LogP contribution is 2.27. The number of hydrogen-bond donors (Lipinski definition) is 1. The van der Waals surface area contributed by atoms with Crippen molar-refractivity contribution in [3.8, 4) is 0 Å². The maximum Gasteiger partial charge on any atom is 0.150 e. The quantitative estimate of drug-likeness (QED) is 0.722. The molecule has 1 aromatic heterocycles. The average Bonchev–Trinajstić information content (AvgIpc) is 2.47. The molecule has 2 aromatic carbocycles. The Balaban J connectivity index is 2.04. The molecule has 3 nitrogen and oxygen atoms in total. The van der Waals surface area contributed by atoms with Crippen LogP contribution in [0.4, 0.5) is 11.4 Å². The molecule has 3 rings (SSSR count). The Morgan fingerprint density at radius 2 is 2.00 bits per heavy atom. The molecule has 0 aliphatic rings. The maximum atomic E-state index is 10.8. The van der Waals surface area contributed by atoms with Crippen molar-refractivity contribution >= 4 is 40.2 Å². The predicted octanol–water partition coefficient (Wildman–Crippen LogP) is 4.44. The third kappa shape index (κ3) is 2.49. The van der Waals surface area contributed by atoms with Gasteiger partial charge in [0.25, 0.3) is 0 Å². The molecule has 0 saturated carbocycles. The number of hydrogen-bond acceptors (Lipinski definition) is 3. The van der Waals surface area contributed by atoms with Crippen LogP contribution in [0.1, 0.15) is 10.4 Å². The summed E-state index contributed by atoms with van der Waals surface area (Å²) in [5.74, 6) is 0. The number of rotatable bonds is 3. The van der Waals surface area contributed by atoms with Gasteiger partial charge in [0.1, 0.15) is 6.29 Å². The fourth-order valence-electron chi connectivity index (χ4n) is 2.08. The first-order chi connectivity index (χ1) is 9.76. The molecule has 0 fully saturated rings. The minimum absolute atomic E-state index is 0.636. The number of fused-ring (bicyclic) bond motifs is 1. The number of nitrogens with one attached hydrogen (secondary N) is 1. The standard InChI is InChI=1S/C16H11ClN2O/c17-12-4-5-14-15(6-7-18-16(14)9-12)19-13-3-1-2-11(8-13)10-20/h1-10H,(H,18,19). The van der Waals surface area contributed by atoms with Crippen molar-refractivity contribution in [2.45, 2.75) is 0 Å². The van der Waals surface area contributed by atoms with Crippen LogP contribution in [0.3, 0.4) is 0 Å². The van der Waals surface area contributed by atoms with E-state index in [9.17, 15) is 4.79 Å². The van der Waals surface area contributed by atoms with Gasteiger partial charge in [-0.3, -0.25) is 9.78 Å². The molecule has 3 aromatic rings. The zero-order valence-corrected chi connectivity index (χ0v) is 11.3. The topological polar surface area (TPSA) is 42.0 Å². The highest BCUT2D eigenvalue weighted by atomic mass is 35.5. The van der Waals surface area contributed by atoms with Gasteiger partial charge in [0.2, 0.25) is 0 Å². The Morgan fingerprint density at radius 3 is 2.85 bits per heavy atom. The number of benzene rings is 2. The van der Waals surface area contributed by atoms with Gasteiger partial charge >= 0.3 is 0 Å². The van der Waals surface area contributed by atoms with E-state index in [2.05, 4.69) is 10.3 Å². The van der Waals surface area contributed by atoms with Crippen molar-refractivity contribution < 1.29 is 4.79 Å². The number of anilines is 2. The van der Waals surface area contributed by atoms with E-state index < -0.39 is 0 Å². The lowest BCUT2D eigenvalue weighted by Crippen LogP contribution is -1.93. The smallest absolute Gasteiger partial charge is 0.150 e. The first kappa shape index (κ1) is 12.6. The molecule has 0 aliphatic heterocycles. The van der Waals surface area contributed by atoms with E-state index in [1.807, 2.05) is 36.4 Å². The minimum atomic E-state index is 0.636. The van der Waals surface area contributed by atoms with Gasteiger partial charge in [0.05, 0.1) is 5.52 Å². The van der Waals surface area contributed by atoms with Gasteiger partial charge < -0.3 is 5.32 Å². The van der Waals surface area contributed by atoms with Crippen molar-refractivity contribution in [3.63, 3.8) is 0 Å². The molecule has 1 N–H and O–H groups in total. The normalized spacial score (nSPS) is 10.4. The summed E-state index contributed by atoms with van der Waals surface area (Å²) in [6, 6.07) is 14.8. The fourth-order valence-corrected chi connectivity index (χ4v) is 2.24. The number of carbonyl (C=O) groups excluding carboxylic acids is 1. The molecule has 4 heteroatoms. The van der Waals surface area contributed by atoms with Crippen LogP contribution in [0.5, 0.6) is 0 Å². The van der Waals surface area contributed by atoms with Crippen LogP contribution in [-0.4, -0.2) is 11.3 Å². The van der Waals surface area contributed by atoms with Crippen LogP contribution in [0.2, 0.25) is 5.02 Å². The van der Waals surface area contributed by atoms with Crippen molar-refractivity contribution in [1.29, 1.82) is 0 Å². The van der Waals surface area contributed by atoms with E-state index >= 15 is 0 Å². The Bertz CT molecular complexity index is 786. The van der Waals surface area contributed by atoms with Crippen molar-refractivity contribution in [3.05, 3.63) is 65.3 Å². The lowest BCUT2D eigenvalue weighted by Gasteiger charge is -2.10. The highest BCUT2D eigenvalue weighted by molar-refractivity contribution is 6.31. The van der Waals surface area contributed by atoms with Crippen molar-refractivity contribution in [2.75, 3.05) is 5.32 Å². The first-order valence-corrected chi connectivity index (χ1v) is 6.50. The lowest BCUT2D eigenvalue weighted by molar-refractivity contribution is 0.112. The summed E-state index contributed by atoms with van der Waals surface area (Å²) in [4.78, 5) is 15.1. The molecule has 0 atom stereocenters. The zero-order chi connectivity index (χ0) is 13.9. The highest BCUT2D eigenvalue weighted by Gasteiger charge is 2.03. The summed E-state index contributed by atoms with van der Waals surface area (Å²) < 4.78 is 0. The third-order valence-corrected chi connectivity index (χ3v) is 3.24. The Labute approximate surface area is 121 Å². The fraction of sp³-hybridized carbons (Fsp3) is 0. The first-order valence-electron chi connectivity index (χ1n) is 6.13. The second-order valence-electron chi connectivity index (χ2n) is 4.39. The molecule has 0 unspecified atom stereocenters. The van der Waals surface area contributed by atoms with Crippen LogP contribution >= 0.6 is 11.6 Å². The number of aldehydes is 1. The van der Waals surface area contributed by atoms with Crippen LogP contribution in [0.25, 0.3) is 10.9 Å². The van der Waals surface area contributed by atoms with Gasteiger partial charge in [-0.25, -0.2) is 0 Å². The van der Waals surface area contributed by atoms with E-state index in [-0.39, 0.29) is 0 Å². The van der Waals surface area contributed by atoms with Gasteiger partial charge in [-0.05, 0) is 36.4 Å². The van der Waals surface area contributed by atoms with Gasteiger partial charge in [0, 0.05) is 33.5 Å². The van der Waals surface area contributed by atoms with Crippen LogP contribution < -0.4 is 5.32 Å². The number of nitrogens with zero attached hydrogens (tertiary/aromatic N) is 1. The molecule has 98 valence electrons. The van der Waals surface area contributed by atoms with Crippen molar-refractivity contribution in [1.82, 2.24) is 4.98 Å². The molecule has 0 saturated heterocycles. The molecule has 0 amide bonds. The second kappa shape index (κ2) is 5.31. The zero-order valence-electron chi connectivity index (χ0n) is 10.5. The summed E-state index contributed by atoms with van der Waals surface area (Å²) in [6.45, 7) is 0. The summed E-state index contributed by atoms with van der Waals surface area (Å²) in [6.07, 6.45) is 2.56. The van der Waals surface area contributed by atoms with Crippen LogP contribution in [0.15, 0.2) is 54.7 Å². The number of pyridine rings is 1. The molecule has 0 bridgehead atoms. The van der Waals surface area contributed by atoms with Crippen LogP contribution in [0, 0.1) is 0 Å². The number of halogens is 1. The van der Waals surface area contributed by atoms with E-state index in [4.69, 9.17) is 11.6 Å². The largest absolute Gasteiger partial charge is 0.355 e. The van der Waals surface area contributed by atoms with E-state index in [1.165, 1.54) is 0 Å². The summed E-state index contributed by atoms with van der Waals surface area (Å²) in [5, 5.41) is 4.94. The molecular weight excluding hydrogens is 272 g/mol. The van der Waals surface area contributed by atoms with Gasteiger partial charge in [0.15, 0.2) is 0 Å². The van der Waals surface area contributed by atoms with Gasteiger partial charge in [-0.1, -0.05) is 23.7 Å². The van der Waals surface area contributed by atoms with E-state index in [0.717, 1.165) is 28.6 Å². The monoisotopic (exact) mass is 282 g/mol. The predicted molar refractivity (Wildman–Crippen MR) is 81.9 cm³/mol. The Kier molecular flexibility index (Phi) is 3.35. The van der Waals surface area contributed by atoms with Crippen molar-refractivity contribution in [2.24, 2.45) is 0 Å². The SMILES string of the molecule is O=Cc1cccc(Nc2ccnc3cc(Cl)ccc23)c1.